The van der Waals surface area contributed by atoms with Gasteiger partial charge in [-0.3, -0.25) is 4.72 Å². The summed E-state index contributed by atoms with van der Waals surface area (Å²) >= 11 is 5.85. The molecule has 0 radical (unpaired) electrons. The summed E-state index contributed by atoms with van der Waals surface area (Å²) in [5.74, 6) is -2.32. The molecule has 26 heavy (non-hydrogen) atoms. The minimum atomic E-state index is -4.30. The average Bonchev–Trinajstić information content (AvgIpc) is 2.92. The summed E-state index contributed by atoms with van der Waals surface area (Å²) in [4.78, 5) is 13.5. The van der Waals surface area contributed by atoms with Crippen LogP contribution >= 0.6 is 11.6 Å². The summed E-state index contributed by atoms with van der Waals surface area (Å²) in [7, 11) is -3.03. The van der Waals surface area contributed by atoms with E-state index in [0.29, 0.717) is 0 Å². The van der Waals surface area contributed by atoms with E-state index >= 15 is 0 Å². The maximum Gasteiger partial charge on any atom is 0.265 e. The Hall–Kier alpha value is -2.78. The third kappa shape index (κ3) is 3.18. The molecule has 0 saturated carbocycles. The van der Waals surface area contributed by atoms with Crippen molar-refractivity contribution in [2.24, 2.45) is 0 Å². The van der Waals surface area contributed by atoms with Crippen LogP contribution in [0.3, 0.4) is 0 Å². The number of hydrogen-bond acceptors (Lipinski definition) is 5. The van der Waals surface area contributed by atoms with E-state index in [4.69, 9.17) is 16.3 Å². The molecule has 0 amide bonds. The number of aromatic carboxylic acids is 1. The van der Waals surface area contributed by atoms with Gasteiger partial charge in [-0.15, -0.1) is 0 Å². The topological polar surface area (TPSA) is 111 Å². The summed E-state index contributed by atoms with van der Waals surface area (Å²) in [6.45, 7) is 0. The molecule has 0 spiro atoms. The molecule has 0 aliphatic heterocycles. The molecule has 0 atom stereocenters. The minimum absolute atomic E-state index is 0.00271. The number of hydrogen-bond donors (Lipinski definition) is 2. The van der Waals surface area contributed by atoms with Crippen LogP contribution in [0.4, 0.5) is 10.1 Å². The van der Waals surface area contributed by atoms with Gasteiger partial charge in [0.1, 0.15) is 16.5 Å². The largest absolute Gasteiger partial charge is 0.543 e. The standard InChI is InChI=1S/C16H12ClFN2O5S/c1-25-12-5-2-8(17)6-13(12)26(23,24)20-14-10-7-9(18)3-4-11(10)19-15(14)16(21)22/h2-7,19-20H,1H3,(H,21,22)/p-1. The number of sulfonamides is 1. The molecule has 10 heteroatoms. The van der Waals surface area contributed by atoms with Gasteiger partial charge in [0.05, 0.1) is 24.5 Å². The second kappa shape index (κ2) is 6.50. The summed E-state index contributed by atoms with van der Waals surface area (Å²) in [6.07, 6.45) is 0. The maximum absolute atomic E-state index is 13.6. The highest BCUT2D eigenvalue weighted by molar-refractivity contribution is 7.92. The first-order valence-electron chi connectivity index (χ1n) is 7.12. The van der Waals surface area contributed by atoms with Crippen LogP contribution in [0, 0.1) is 5.82 Å². The van der Waals surface area contributed by atoms with E-state index in [-0.39, 0.29) is 32.3 Å². The van der Waals surface area contributed by atoms with Crippen LogP contribution in [0.5, 0.6) is 5.75 Å². The molecule has 0 fully saturated rings. The lowest BCUT2D eigenvalue weighted by atomic mass is 10.2. The number of anilines is 1. The zero-order chi connectivity index (χ0) is 19.1. The Balaban J connectivity index is 2.19. The molecular formula is C16H11ClFN2O5S-. The van der Waals surface area contributed by atoms with Gasteiger partial charge in [-0.25, -0.2) is 12.8 Å². The van der Waals surface area contributed by atoms with Crippen LogP contribution < -0.4 is 14.6 Å². The number of aromatic nitrogens is 1. The van der Waals surface area contributed by atoms with Crippen LogP contribution in [0.15, 0.2) is 41.3 Å². The minimum Gasteiger partial charge on any atom is -0.543 e. The monoisotopic (exact) mass is 397 g/mol. The SMILES string of the molecule is COc1ccc(Cl)cc1S(=O)(=O)Nc1c(C(=O)[O-])[nH]c2ccc(F)cc12. The van der Waals surface area contributed by atoms with Crippen molar-refractivity contribution in [3.63, 3.8) is 0 Å². The summed E-state index contributed by atoms with van der Waals surface area (Å²) in [6, 6.07) is 7.34. The number of carbonyl (C=O) groups is 1. The van der Waals surface area contributed by atoms with Crippen LogP contribution in [-0.2, 0) is 10.0 Å². The number of carboxylic acids is 1. The average molecular weight is 398 g/mol. The number of nitrogens with one attached hydrogen (secondary N) is 2. The summed E-state index contributed by atoms with van der Waals surface area (Å²) in [5, 5.41) is 11.5. The van der Waals surface area contributed by atoms with Gasteiger partial charge in [-0.1, -0.05) is 11.6 Å². The lowest BCUT2D eigenvalue weighted by Crippen LogP contribution is -2.25. The van der Waals surface area contributed by atoms with Gasteiger partial charge in [0.15, 0.2) is 0 Å². The second-order valence-corrected chi connectivity index (χ2v) is 7.34. The number of fused-ring (bicyclic) bond motifs is 1. The number of carbonyl (C=O) groups excluding carboxylic acids is 1. The van der Waals surface area contributed by atoms with Gasteiger partial charge in [0, 0.05) is 15.9 Å². The zero-order valence-corrected chi connectivity index (χ0v) is 14.7. The molecule has 2 aromatic carbocycles. The van der Waals surface area contributed by atoms with E-state index in [1.165, 1.54) is 25.3 Å². The molecule has 0 bridgehead atoms. The molecule has 2 N–H and O–H groups in total. The molecule has 3 aromatic rings. The van der Waals surface area contributed by atoms with Crippen molar-refractivity contribution in [3.05, 3.63) is 52.9 Å². The fraction of sp³-hybridized carbons (Fsp3) is 0.0625. The molecule has 0 aliphatic carbocycles. The molecular weight excluding hydrogens is 387 g/mol. The number of aromatic amines is 1. The van der Waals surface area contributed by atoms with E-state index in [2.05, 4.69) is 9.71 Å². The van der Waals surface area contributed by atoms with Crippen molar-refractivity contribution in [2.75, 3.05) is 11.8 Å². The number of ether oxygens (including phenoxy) is 1. The van der Waals surface area contributed by atoms with Gasteiger partial charge in [0.25, 0.3) is 10.0 Å². The molecule has 0 saturated heterocycles. The van der Waals surface area contributed by atoms with Gasteiger partial charge in [0.2, 0.25) is 0 Å². The third-order valence-corrected chi connectivity index (χ3v) is 5.22. The number of methoxy groups -OCH3 is 1. The fourth-order valence-electron chi connectivity index (χ4n) is 2.47. The molecule has 0 unspecified atom stereocenters. The fourth-order valence-corrected chi connectivity index (χ4v) is 4.00. The maximum atomic E-state index is 13.6. The Kier molecular flexibility index (Phi) is 4.51. The Bertz CT molecular complexity index is 1130. The van der Waals surface area contributed by atoms with Crippen LogP contribution in [0.1, 0.15) is 10.5 Å². The van der Waals surface area contributed by atoms with Gasteiger partial charge in [-0.05, 0) is 36.4 Å². The Morgan fingerprint density at radius 3 is 2.65 bits per heavy atom. The number of rotatable bonds is 5. The predicted octanol–water partition coefficient (Wildman–Crippen LogP) is 2.13. The molecule has 1 aromatic heterocycles. The molecule has 136 valence electrons. The summed E-state index contributed by atoms with van der Waals surface area (Å²) in [5.41, 5.74) is -0.655. The van der Waals surface area contributed by atoms with E-state index in [9.17, 15) is 22.7 Å². The van der Waals surface area contributed by atoms with E-state index in [1.54, 1.807) is 0 Å². The zero-order valence-electron chi connectivity index (χ0n) is 13.2. The van der Waals surface area contributed by atoms with Crippen molar-refractivity contribution in [1.29, 1.82) is 0 Å². The first-order valence-corrected chi connectivity index (χ1v) is 8.98. The first kappa shape index (κ1) is 18.0. The van der Waals surface area contributed by atoms with E-state index in [1.807, 2.05) is 0 Å². The lowest BCUT2D eigenvalue weighted by molar-refractivity contribution is -0.255. The predicted molar refractivity (Wildman–Crippen MR) is 91.4 cm³/mol. The third-order valence-electron chi connectivity index (χ3n) is 3.62. The van der Waals surface area contributed by atoms with E-state index in [0.717, 1.165) is 18.2 Å². The van der Waals surface area contributed by atoms with Crippen molar-refractivity contribution >= 4 is 44.2 Å². The normalized spacial score (nSPS) is 11.5. The lowest BCUT2D eigenvalue weighted by Gasteiger charge is -2.13. The van der Waals surface area contributed by atoms with Crippen molar-refractivity contribution in [3.8, 4) is 5.75 Å². The number of halogens is 2. The quantitative estimate of drug-likeness (QED) is 0.685. The van der Waals surface area contributed by atoms with Crippen molar-refractivity contribution < 1.29 is 27.4 Å². The van der Waals surface area contributed by atoms with Crippen LogP contribution in [0.25, 0.3) is 10.9 Å². The Morgan fingerprint density at radius 2 is 2.00 bits per heavy atom. The van der Waals surface area contributed by atoms with Crippen LogP contribution in [-0.4, -0.2) is 26.5 Å². The Labute approximate surface area is 152 Å². The highest BCUT2D eigenvalue weighted by Gasteiger charge is 2.24. The molecule has 7 nitrogen and oxygen atoms in total. The molecule has 1 heterocycles. The number of carboxylic acid groups (broad SMARTS) is 1. The van der Waals surface area contributed by atoms with Crippen molar-refractivity contribution in [1.82, 2.24) is 4.98 Å². The Morgan fingerprint density at radius 1 is 1.27 bits per heavy atom. The van der Waals surface area contributed by atoms with Crippen LogP contribution in [0.2, 0.25) is 5.02 Å². The first-order chi connectivity index (χ1) is 12.2. The number of H-pyrrole nitrogens is 1. The molecule has 3 rings (SSSR count). The van der Waals surface area contributed by atoms with E-state index < -0.39 is 27.5 Å². The number of benzene rings is 2. The molecule has 0 aliphatic rings. The summed E-state index contributed by atoms with van der Waals surface area (Å²) < 4.78 is 46.3. The highest BCUT2D eigenvalue weighted by Crippen LogP contribution is 2.33. The van der Waals surface area contributed by atoms with Gasteiger partial charge >= 0.3 is 0 Å². The van der Waals surface area contributed by atoms with Gasteiger partial charge in [-0.2, -0.15) is 0 Å². The smallest absolute Gasteiger partial charge is 0.265 e. The highest BCUT2D eigenvalue weighted by atomic mass is 35.5. The second-order valence-electron chi connectivity index (χ2n) is 5.25. The van der Waals surface area contributed by atoms with Crippen molar-refractivity contribution in [2.45, 2.75) is 4.90 Å². The van der Waals surface area contributed by atoms with Gasteiger partial charge < -0.3 is 19.6 Å².